The molecule has 0 aliphatic rings. The van der Waals surface area contributed by atoms with Crippen LogP contribution in [0.1, 0.15) is 18.2 Å². The number of aromatic nitrogens is 1. The summed E-state index contributed by atoms with van der Waals surface area (Å²) in [5.74, 6) is 2.22. The van der Waals surface area contributed by atoms with E-state index in [0.717, 1.165) is 33.3 Å². The van der Waals surface area contributed by atoms with Gasteiger partial charge in [0.25, 0.3) is 0 Å². The molecular formula is C27H26N2O5. The summed E-state index contributed by atoms with van der Waals surface area (Å²) in [6.45, 7) is 3.73. The Morgan fingerprint density at radius 1 is 0.971 bits per heavy atom. The smallest absolute Gasteiger partial charge is 0.249 e. The molecule has 0 fully saturated rings. The number of hydrogen-bond donors (Lipinski definition) is 1. The van der Waals surface area contributed by atoms with Crippen LogP contribution in [0.25, 0.3) is 27.7 Å². The van der Waals surface area contributed by atoms with Crippen LogP contribution in [0.2, 0.25) is 0 Å². The van der Waals surface area contributed by atoms with E-state index in [1.54, 1.807) is 33.7 Å². The summed E-state index contributed by atoms with van der Waals surface area (Å²) in [5, 5.41) is 3.66. The highest BCUT2D eigenvalue weighted by molar-refractivity contribution is 6.05. The number of aryl methyl sites for hydroxylation is 1. The number of ether oxygens (including phenoxy) is 3. The SMILES string of the molecule is COc1ccc(OC)c(-c2coc3cc(OC)c(/C(C)=C/C(=O)Nc4cccc(C)n4)cc23)c1. The van der Waals surface area contributed by atoms with Crippen LogP contribution in [0.15, 0.2) is 65.3 Å². The summed E-state index contributed by atoms with van der Waals surface area (Å²) < 4.78 is 22.4. The fourth-order valence-corrected chi connectivity index (χ4v) is 3.81. The monoisotopic (exact) mass is 458 g/mol. The number of allylic oxidation sites excluding steroid dienone is 1. The minimum Gasteiger partial charge on any atom is -0.497 e. The number of furan rings is 1. The summed E-state index contributed by atoms with van der Waals surface area (Å²) >= 11 is 0. The van der Waals surface area contributed by atoms with Gasteiger partial charge in [-0.25, -0.2) is 4.98 Å². The Balaban J connectivity index is 1.76. The lowest BCUT2D eigenvalue weighted by molar-refractivity contribution is -0.111. The number of benzene rings is 2. The molecule has 0 radical (unpaired) electrons. The Bertz CT molecular complexity index is 1390. The van der Waals surface area contributed by atoms with E-state index in [1.165, 1.54) is 6.08 Å². The fourth-order valence-electron chi connectivity index (χ4n) is 3.81. The zero-order valence-electron chi connectivity index (χ0n) is 19.8. The number of methoxy groups -OCH3 is 3. The lowest BCUT2D eigenvalue weighted by Crippen LogP contribution is -2.10. The number of fused-ring (bicyclic) bond motifs is 1. The van der Waals surface area contributed by atoms with E-state index < -0.39 is 0 Å². The van der Waals surface area contributed by atoms with Gasteiger partial charge in [-0.15, -0.1) is 0 Å². The average molecular weight is 459 g/mol. The molecule has 4 aromatic rings. The number of hydrogen-bond acceptors (Lipinski definition) is 6. The Morgan fingerprint density at radius 3 is 2.47 bits per heavy atom. The zero-order valence-corrected chi connectivity index (χ0v) is 19.8. The first-order valence-corrected chi connectivity index (χ1v) is 10.7. The summed E-state index contributed by atoms with van der Waals surface area (Å²) in [7, 11) is 4.83. The number of pyridine rings is 1. The molecule has 0 aliphatic heterocycles. The topological polar surface area (TPSA) is 82.8 Å². The van der Waals surface area contributed by atoms with Gasteiger partial charge in [0.15, 0.2) is 0 Å². The largest absolute Gasteiger partial charge is 0.497 e. The van der Waals surface area contributed by atoms with Crippen LogP contribution in [0.3, 0.4) is 0 Å². The number of rotatable bonds is 7. The molecule has 2 aromatic heterocycles. The van der Waals surface area contributed by atoms with Gasteiger partial charge < -0.3 is 23.9 Å². The molecule has 7 heteroatoms. The lowest BCUT2D eigenvalue weighted by atomic mass is 9.98. The van der Waals surface area contributed by atoms with Crippen molar-refractivity contribution in [1.29, 1.82) is 0 Å². The maximum absolute atomic E-state index is 12.6. The molecule has 0 spiro atoms. The van der Waals surface area contributed by atoms with Gasteiger partial charge in [0, 0.05) is 39.9 Å². The van der Waals surface area contributed by atoms with Crippen molar-refractivity contribution in [3.63, 3.8) is 0 Å². The zero-order chi connectivity index (χ0) is 24.2. The molecule has 0 unspecified atom stereocenters. The molecule has 0 bridgehead atoms. The molecule has 7 nitrogen and oxygen atoms in total. The first kappa shape index (κ1) is 22.9. The molecule has 0 aliphatic carbocycles. The van der Waals surface area contributed by atoms with Gasteiger partial charge in [0.05, 0.1) is 27.6 Å². The Kier molecular flexibility index (Phi) is 6.54. The maximum Gasteiger partial charge on any atom is 0.249 e. The predicted molar refractivity (Wildman–Crippen MR) is 133 cm³/mol. The van der Waals surface area contributed by atoms with Crippen LogP contribution in [0.4, 0.5) is 5.82 Å². The number of nitrogens with zero attached hydrogens (tertiary/aromatic N) is 1. The van der Waals surface area contributed by atoms with Gasteiger partial charge in [-0.1, -0.05) is 6.07 Å². The van der Waals surface area contributed by atoms with E-state index in [2.05, 4.69) is 10.3 Å². The van der Waals surface area contributed by atoms with Crippen LogP contribution in [-0.4, -0.2) is 32.2 Å². The molecule has 34 heavy (non-hydrogen) atoms. The highest BCUT2D eigenvalue weighted by Crippen LogP contribution is 2.41. The second-order valence-corrected chi connectivity index (χ2v) is 7.75. The van der Waals surface area contributed by atoms with Gasteiger partial charge in [-0.2, -0.15) is 0 Å². The van der Waals surface area contributed by atoms with Crippen LogP contribution in [-0.2, 0) is 4.79 Å². The Morgan fingerprint density at radius 2 is 1.76 bits per heavy atom. The summed E-state index contributed by atoms with van der Waals surface area (Å²) in [6.07, 6.45) is 3.21. The Hall–Kier alpha value is -4.26. The molecule has 2 heterocycles. The molecule has 0 saturated carbocycles. The van der Waals surface area contributed by atoms with Crippen LogP contribution < -0.4 is 19.5 Å². The van der Waals surface area contributed by atoms with E-state index in [4.69, 9.17) is 18.6 Å². The number of anilines is 1. The van der Waals surface area contributed by atoms with Gasteiger partial charge in [0.1, 0.15) is 28.6 Å². The predicted octanol–water partition coefficient (Wildman–Crippen LogP) is 5.87. The number of amides is 1. The van der Waals surface area contributed by atoms with Crippen molar-refractivity contribution in [2.45, 2.75) is 13.8 Å². The van der Waals surface area contributed by atoms with Crippen molar-refractivity contribution in [2.24, 2.45) is 0 Å². The van der Waals surface area contributed by atoms with Crippen molar-refractivity contribution >= 4 is 28.3 Å². The lowest BCUT2D eigenvalue weighted by Gasteiger charge is -2.12. The fraction of sp³-hybridized carbons (Fsp3) is 0.185. The molecule has 1 amide bonds. The number of carbonyl (C=O) groups is 1. The van der Waals surface area contributed by atoms with Crippen LogP contribution in [0.5, 0.6) is 17.2 Å². The normalized spacial score (nSPS) is 11.4. The third kappa shape index (κ3) is 4.59. The molecule has 174 valence electrons. The highest BCUT2D eigenvalue weighted by atomic mass is 16.5. The van der Waals surface area contributed by atoms with Crippen molar-refractivity contribution in [1.82, 2.24) is 4.98 Å². The second kappa shape index (κ2) is 9.70. The van der Waals surface area contributed by atoms with Gasteiger partial charge in [-0.05, 0) is 55.8 Å². The first-order chi connectivity index (χ1) is 16.4. The van der Waals surface area contributed by atoms with Crippen LogP contribution >= 0.6 is 0 Å². The third-order valence-electron chi connectivity index (χ3n) is 5.50. The van der Waals surface area contributed by atoms with E-state index >= 15 is 0 Å². The Labute approximate surface area is 198 Å². The summed E-state index contributed by atoms with van der Waals surface area (Å²) in [6, 6.07) is 14.8. The van der Waals surface area contributed by atoms with Crippen LogP contribution in [0, 0.1) is 6.92 Å². The molecule has 1 N–H and O–H groups in total. The van der Waals surface area contributed by atoms with Crippen molar-refractivity contribution < 1.29 is 23.4 Å². The highest BCUT2D eigenvalue weighted by Gasteiger charge is 2.18. The molecule has 0 atom stereocenters. The van der Waals surface area contributed by atoms with Gasteiger partial charge >= 0.3 is 0 Å². The average Bonchev–Trinajstić information content (AvgIpc) is 3.25. The quantitative estimate of drug-likeness (QED) is 0.349. The summed E-state index contributed by atoms with van der Waals surface area (Å²) in [5.41, 5.74) is 4.66. The van der Waals surface area contributed by atoms with E-state index in [1.807, 2.05) is 56.3 Å². The summed E-state index contributed by atoms with van der Waals surface area (Å²) in [4.78, 5) is 17.0. The minimum atomic E-state index is -0.278. The van der Waals surface area contributed by atoms with Gasteiger partial charge in [0.2, 0.25) is 5.91 Å². The van der Waals surface area contributed by atoms with E-state index in [-0.39, 0.29) is 5.91 Å². The van der Waals surface area contributed by atoms with Gasteiger partial charge in [-0.3, -0.25) is 4.79 Å². The second-order valence-electron chi connectivity index (χ2n) is 7.75. The number of nitrogens with one attached hydrogen (secondary N) is 1. The number of carbonyl (C=O) groups excluding carboxylic acids is 1. The maximum atomic E-state index is 12.6. The van der Waals surface area contributed by atoms with Crippen molar-refractivity contribution in [3.05, 3.63) is 72.1 Å². The standard InChI is InChI=1S/C27H26N2O5/c1-16(11-27(30)29-26-8-6-7-17(2)28-26)19-13-21-22(15-34-25(21)14-24(19)33-5)20-12-18(31-3)9-10-23(20)32-4/h6-15H,1-5H3,(H,28,29,30)/b16-11+. The first-order valence-electron chi connectivity index (χ1n) is 10.7. The third-order valence-corrected chi connectivity index (χ3v) is 5.50. The van der Waals surface area contributed by atoms with Crippen molar-refractivity contribution in [3.8, 4) is 28.4 Å². The molecular weight excluding hydrogens is 432 g/mol. The molecule has 0 saturated heterocycles. The minimum absolute atomic E-state index is 0.278. The van der Waals surface area contributed by atoms with E-state index in [9.17, 15) is 4.79 Å². The molecule has 2 aromatic carbocycles. The molecule has 4 rings (SSSR count). The van der Waals surface area contributed by atoms with Crippen molar-refractivity contribution in [2.75, 3.05) is 26.6 Å². The van der Waals surface area contributed by atoms with E-state index in [0.29, 0.717) is 28.6 Å².